The molecule has 0 aliphatic heterocycles. The molecule has 0 radical (unpaired) electrons. The summed E-state index contributed by atoms with van der Waals surface area (Å²) in [6.45, 7) is 4.06. The maximum Gasteiger partial charge on any atom is 0.302 e. The first kappa shape index (κ1) is 18.6. The summed E-state index contributed by atoms with van der Waals surface area (Å²) in [5, 5.41) is 1.21. The first-order chi connectivity index (χ1) is 7.57. The first-order valence-electron chi connectivity index (χ1n) is 5.11. The Morgan fingerprint density at radius 1 is 1.24 bits per heavy atom. The standard InChI is InChI=1S/C6H4Cl2.C6H12O2.H2O/c7-5-3-1-2-4-6(5)8;1-3-4-5-8-6(2)7;/h1-4H;3-5H2,1-2H3;1H2. The fourth-order valence-corrected chi connectivity index (χ4v) is 1.07. The monoisotopic (exact) mass is 280 g/mol. The molecule has 0 amide bonds. The van der Waals surface area contributed by atoms with Gasteiger partial charge in [-0.2, -0.15) is 0 Å². The van der Waals surface area contributed by atoms with E-state index in [-0.39, 0.29) is 11.4 Å². The Morgan fingerprint density at radius 2 is 1.71 bits per heavy atom. The molecule has 1 aromatic carbocycles. The highest BCUT2D eigenvalue weighted by atomic mass is 35.5. The van der Waals surface area contributed by atoms with Gasteiger partial charge < -0.3 is 10.2 Å². The van der Waals surface area contributed by atoms with E-state index in [4.69, 9.17) is 23.2 Å². The predicted molar refractivity (Wildman–Crippen MR) is 71.6 cm³/mol. The Labute approximate surface area is 112 Å². The highest BCUT2D eigenvalue weighted by molar-refractivity contribution is 6.41. The summed E-state index contributed by atoms with van der Waals surface area (Å²) in [6.07, 6.45) is 2.05. The van der Waals surface area contributed by atoms with Crippen molar-refractivity contribution < 1.29 is 15.0 Å². The fraction of sp³-hybridized carbons (Fsp3) is 0.417. The number of unbranched alkanes of at least 4 members (excludes halogenated alkanes) is 1. The second kappa shape index (κ2) is 11.7. The summed E-state index contributed by atoms with van der Waals surface area (Å²) in [6, 6.07) is 7.19. The average Bonchev–Trinajstić information content (AvgIpc) is 2.23. The van der Waals surface area contributed by atoms with Gasteiger partial charge in [-0.05, 0) is 18.6 Å². The number of carbonyl (C=O) groups is 1. The van der Waals surface area contributed by atoms with Crippen molar-refractivity contribution in [1.29, 1.82) is 0 Å². The van der Waals surface area contributed by atoms with Crippen LogP contribution in [0.15, 0.2) is 24.3 Å². The van der Waals surface area contributed by atoms with Crippen molar-refractivity contribution in [2.45, 2.75) is 26.7 Å². The average molecular weight is 281 g/mol. The maximum atomic E-state index is 10.1. The summed E-state index contributed by atoms with van der Waals surface area (Å²) >= 11 is 11.2. The molecule has 0 atom stereocenters. The molecule has 0 aromatic heterocycles. The van der Waals surface area contributed by atoms with E-state index in [0.717, 1.165) is 12.8 Å². The number of carbonyl (C=O) groups excluding carboxylic acids is 1. The van der Waals surface area contributed by atoms with E-state index in [1.807, 2.05) is 12.1 Å². The van der Waals surface area contributed by atoms with Crippen LogP contribution in [0.5, 0.6) is 0 Å². The molecule has 0 heterocycles. The molecule has 0 bridgehead atoms. The number of ether oxygens (including phenoxy) is 1. The summed E-state index contributed by atoms with van der Waals surface area (Å²) in [5.74, 6) is -0.182. The van der Waals surface area contributed by atoms with E-state index >= 15 is 0 Å². The Hall–Kier alpha value is -0.770. The summed E-state index contributed by atoms with van der Waals surface area (Å²) in [7, 11) is 0. The van der Waals surface area contributed by atoms with Crippen molar-refractivity contribution >= 4 is 29.2 Å². The second-order valence-corrected chi connectivity index (χ2v) is 3.92. The summed E-state index contributed by atoms with van der Waals surface area (Å²) in [5.41, 5.74) is 0. The molecular weight excluding hydrogens is 263 g/mol. The number of rotatable bonds is 3. The van der Waals surface area contributed by atoms with Gasteiger partial charge in [0.1, 0.15) is 0 Å². The largest absolute Gasteiger partial charge is 0.466 e. The molecule has 0 unspecified atom stereocenters. The SMILES string of the molecule is CCCCOC(C)=O.Clc1ccccc1Cl.O. The Kier molecular flexibility index (Phi) is 12.8. The number of hydrogen-bond donors (Lipinski definition) is 0. The van der Waals surface area contributed by atoms with Gasteiger partial charge in [0.15, 0.2) is 0 Å². The minimum atomic E-state index is -0.182. The Bertz CT molecular complexity index is 295. The van der Waals surface area contributed by atoms with Crippen molar-refractivity contribution in [3.63, 3.8) is 0 Å². The fourth-order valence-electron chi connectivity index (χ4n) is 0.800. The molecule has 17 heavy (non-hydrogen) atoms. The highest BCUT2D eigenvalue weighted by Gasteiger charge is 1.89. The molecule has 1 rings (SSSR count). The third kappa shape index (κ3) is 11.5. The van der Waals surface area contributed by atoms with Crippen LogP contribution in [0.2, 0.25) is 10.0 Å². The van der Waals surface area contributed by atoms with Crippen LogP contribution in [0.4, 0.5) is 0 Å². The minimum Gasteiger partial charge on any atom is -0.466 e. The van der Waals surface area contributed by atoms with Gasteiger partial charge in [-0.15, -0.1) is 0 Å². The van der Waals surface area contributed by atoms with Crippen LogP contribution in [-0.4, -0.2) is 18.1 Å². The van der Waals surface area contributed by atoms with Crippen LogP contribution in [0, 0.1) is 0 Å². The second-order valence-electron chi connectivity index (χ2n) is 3.11. The van der Waals surface area contributed by atoms with E-state index in [1.54, 1.807) is 12.1 Å². The molecule has 0 fully saturated rings. The van der Waals surface area contributed by atoms with Gasteiger partial charge in [-0.25, -0.2) is 0 Å². The molecule has 0 spiro atoms. The lowest BCUT2D eigenvalue weighted by Gasteiger charge is -1.96. The van der Waals surface area contributed by atoms with Gasteiger partial charge >= 0.3 is 5.97 Å². The lowest BCUT2D eigenvalue weighted by molar-refractivity contribution is -0.141. The molecular formula is C12H18Cl2O3. The minimum absolute atomic E-state index is 0. The predicted octanol–water partition coefficient (Wildman–Crippen LogP) is 3.52. The van der Waals surface area contributed by atoms with Gasteiger partial charge in [0.05, 0.1) is 16.7 Å². The van der Waals surface area contributed by atoms with Gasteiger partial charge in [-0.3, -0.25) is 4.79 Å². The van der Waals surface area contributed by atoms with Crippen molar-refractivity contribution in [3.05, 3.63) is 34.3 Å². The lowest BCUT2D eigenvalue weighted by atomic mass is 10.4. The van der Waals surface area contributed by atoms with Crippen LogP contribution in [0.1, 0.15) is 26.7 Å². The van der Waals surface area contributed by atoms with Gasteiger partial charge in [0.2, 0.25) is 0 Å². The molecule has 0 aliphatic rings. The zero-order chi connectivity index (χ0) is 12.4. The smallest absolute Gasteiger partial charge is 0.302 e. The number of halogens is 2. The molecule has 3 nitrogen and oxygen atoms in total. The topological polar surface area (TPSA) is 57.8 Å². The highest BCUT2D eigenvalue weighted by Crippen LogP contribution is 2.19. The van der Waals surface area contributed by atoms with E-state index in [2.05, 4.69) is 11.7 Å². The van der Waals surface area contributed by atoms with Crippen molar-refractivity contribution in [1.82, 2.24) is 0 Å². The Balaban J connectivity index is 0. The molecule has 5 heteroatoms. The summed E-state index contributed by atoms with van der Waals surface area (Å²) in [4.78, 5) is 10.1. The van der Waals surface area contributed by atoms with Gasteiger partial charge in [0, 0.05) is 6.92 Å². The van der Waals surface area contributed by atoms with Crippen LogP contribution in [0.25, 0.3) is 0 Å². The third-order valence-electron chi connectivity index (χ3n) is 1.63. The van der Waals surface area contributed by atoms with E-state index in [9.17, 15) is 4.79 Å². The van der Waals surface area contributed by atoms with Crippen LogP contribution in [0.3, 0.4) is 0 Å². The van der Waals surface area contributed by atoms with Gasteiger partial charge in [0.25, 0.3) is 0 Å². The quantitative estimate of drug-likeness (QED) is 0.628. The molecule has 0 saturated carbocycles. The molecule has 0 saturated heterocycles. The first-order valence-corrected chi connectivity index (χ1v) is 5.87. The van der Waals surface area contributed by atoms with Crippen LogP contribution >= 0.6 is 23.2 Å². The number of benzene rings is 1. The van der Waals surface area contributed by atoms with Crippen molar-refractivity contribution in [2.24, 2.45) is 0 Å². The Morgan fingerprint density at radius 3 is 2.00 bits per heavy atom. The number of hydrogen-bond acceptors (Lipinski definition) is 2. The normalized spacial score (nSPS) is 8.47. The zero-order valence-electron chi connectivity index (χ0n) is 10.0. The molecule has 98 valence electrons. The lowest BCUT2D eigenvalue weighted by Crippen LogP contribution is -1.99. The molecule has 1 aromatic rings. The number of esters is 1. The molecule has 0 aliphatic carbocycles. The van der Waals surface area contributed by atoms with E-state index in [1.165, 1.54) is 6.92 Å². The maximum absolute atomic E-state index is 10.1. The third-order valence-corrected chi connectivity index (χ3v) is 2.38. The van der Waals surface area contributed by atoms with E-state index < -0.39 is 0 Å². The van der Waals surface area contributed by atoms with E-state index in [0.29, 0.717) is 16.7 Å². The summed E-state index contributed by atoms with van der Waals surface area (Å²) < 4.78 is 4.64. The van der Waals surface area contributed by atoms with Crippen LogP contribution in [-0.2, 0) is 9.53 Å². The van der Waals surface area contributed by atoms with Crippen molar-refractivity contribution in [3.8, 4) is 0 Å². The zero-order valence-corrected chi connectivity index (χ0v) is 11.5. The van der Waals surface area contributed by atoms with Gasteiger partial charge in [-0.1, -0.05) is 48.7 Å². The molecule has 2 N–H and O–H groups in total. The van der Waals surface area contributed by atoms with Crippen LogP contribution < -0.4 is 0 Å². The van der Waals surface area contributed by atoms with Crippen molar-refractivity contribution in [2.75, 3.05) is 6.61 Å².